The SMILES string of the molecule is CC(C)c1cc(C(=O)NCC2CCN(C(=O)c3ccccc3)CC2)nn1C. The van der Waals surface area contributed by atoms with Gasteiger partial charge in [0.1, 0.15) is 5.69 Å². The van der Waals surface area contributed by atoms with E-state index < -0.39 is 0 Å². The normalized spacial score (nSPS) is 15.2. The summed E-state index contributed by atoms with van der Waals surface area (Å²) in [6, 6.07) is 11.3. The van der Waals surface area contributed by atoms with E-state index in [-0.39, 0.29) is 11.8 Å². The molecule has 144 valence electrons. The summed E-state index contributed by atoms with van der Waals surface area (Å²) in [6.45, 7) is 6.26. The summed E-state index contributed by atoms with van der Waals surface area (Å²) in [5, 5.41) is 7.32. The van der Waals surface area contributed by atoms with Crippen molar-refractivity contribution < 1.29 is 9.59 Å². The number of rotatable bonds is 5. The van der Waals surface area contributed by atoms with Gasteiger partial charge in [-0.1, -0.05) is 32.0 Å². The van der Waals surface area contributed by atoms with Gasteiger partial charge >= 0.3 is 0 Å². The highest BCUT2D eigenvalue weighted by Crippen LogP contribution is 2.19. The third-order valence-electron chi connectivity index (χ3n) is 5.21. The molecule has 1 N–H and O–H groups in total. The maximum atomic E-state index is 12.5. The number of nitrogens with one attached hydrogen (secondary N) is 1. The van der Waals surface area contributed by atoms with E-state index in [4.69, 9.17) is 0 Å². The molecule has 0 aliphatic carbocycles. The predicted molar refractivity (Wildman–Crippen MR) is 105 cm³/mol. The molecule has 0 unspecified atom stereocenters. The minimum absolute atomic E-state index is 0.0905. The van der Waals surface area contributed by atoms with Gasteiger partial charge in [0.25, 0.3) is 11.8 Å². The van der Waals surface area contributed by atoms with Gasteiger partial charge in [-0.15, -0.1) is 0 Å². The van der Waals surface area contributed by atoms with E-state index in [0.717, 1.165) is 37.2 Å². The fourth-order valence-electron chi connectivity index (χ4n) is 3.56. The van der Waals surface area contributed by atoms with Crippen molar-refractivity contribution in [3.63, 3.8) is 0 Å². The number of nitrogens with zero attached hydrogens (tertiary/aromatic N) is 3. The number of aromatic nitrogens is 2. The fourth-order valence-corrected chi connectivity index (χ4v) is 3.56. The standard InChI is InChI=1S/C21H28N4O2/c1-15(2)19-13-18(23-24(19)3)20(26)22-14-16-9-11-25(12-10-16)21(27)17-7-5-4-6-8-17/h4-8,13,15-16H,9-12,14H2,1-3H3,(H,22,26). The number of aryl methyl sites for hydroxylation is 1. The Morgan fingerprint density at radius 2 is 1.85 bits per heavy atom. The Kier molecular flexibility index (Phi) is 5.94. The minimum Gasteiger partial charge on any atom is -0.350 e. The number of hydrogen-bond donors (Lipinski definition) is 1. The molecule has 1 aromatic carbocycles. The molecule has 1 aliphatic rings. The lowest BCUT2D eigenvalue weighted by molar-refractivity contribution is 0.0684. The fraction of sp³-hybridized carbons (Fsp3) is 0.476. The maximum Gasteiger partial charge on any atom is 0.271 e. The van der Waals surface area contributed by atoms with Crippen molar-refractivity contribution in [3.05, 3.63) is 53.3 Å². The van der Waals surface area contributed by atoms with Crippen LogP contribution in [-0.2, 0) is 7.05 Å². The van der Waals surface area contributed by atoms with Crippen LogP contribution in [0.4, 0.5) is 0 Å². The molecule has 6 nitrogen and oxygen atoms in total. The summed E-state index contributed by atoms with van der Waals surface area (Å²) < 4.78 is 1.77. The van der Waals surface area contributed by atoms with Gasteiger partial charge in [0.2, 0.25) is 0 Å². The van der Waals surface area contributed by atoms with E-state index in [1.807, 2.05) is 48.3 Å². The third kappa shape index (κ3) is 4.56. The zero-order chi connectivity index (χ0) is 19.4. The highest BCUT2D eigenvalue weighted by atomic mass is 16.2. The smallest absolute Gasteiger partial charge is 0.271 e. The number of carbonyl (C=O) groups excluding carboxylic acids is 2. The predicted octanol–water partition coefficient (Wildman–Crippen LogP) is 2.83. The van der Waals surface area contributed by atoms with Crippen LogP contribution in [0.2, 0.25) is 0 Å². The first-order valence-electron chi connectivity index (χ1n) is 9.62. The second-order valence-corrected chi connectivity index (χ2v) is 7.54. The Hall–Kier alpha value is -2.63. The third-order valence-corrected chi connectivity index (χ3v) is 5.21. The number of piperidine rings is 1. The Balaban J connectivity index is 1.47. The summed E-state index contributed by atoms with van der Waals surface area (Å²) in [6.07, 6.45) is 1.80. The minimum atomic E-state index is -0.125. The molecule has 0 atom stereocenters. The van der Waals surface area contributed by atoms with E-state index in [1.165, 1.54) is 0 Å². The van der Waals surface area contributed by atoms with Crippen molar-refractivity contribution in [2.45, 2.75) is 32.6 Å². The van der Waals surface area contributed by atoms with Crippen LogP contribution >= 0.6 is 0 Å². The molecule has 2 amide bonds. The van der Waals surface area contributed by atoms with Gasteiger partial charge in [-0.3, -0.25) is 14.3 Å². The number of hydrogen-bond acceptors (Lipinski definition) is 3. The molecule has 2 aromatic rings. The number of carbonyl (C=O) groups is 2. The Morgan fingerprint density at radius 3 is 2.44 bits per heavy atom. The Labute approximate surface area is 160 Å². The van der Waals surface area contributed by atoms with Crippen molar-refractivity contribution in [2.75, 3.05) is 19.6 Å². The quantitative estimate of drug-likeness (QED) is 0.882. The molecule has 1 aliphatic heterocycles. The molecule has 0 spiro atoms. The van der Waals surface area contributed by atoms with Gasteiger partial charge in [0.15, 0.2) is 0 Å². The van der Waals surface area contributed by atoms with Gasteiger partial charge in [0.05, 0.1) is 0 Å². The van der Waals surface area contributed by atoms with E-state index >= 15 is 0 Å². The number of likely N-dealkylation sites (tertiary alicyclic amines) is 1. The number of amides is 2. The van der Waals surface area contributed by atoms with Crippen LogP contribution in [0.25, 0.3) is 0 Å². The highest BCUT2D eigenvalue weighted by molar-refractivity contribution is 5.94. The topological polar surface area (TPSA) is 67.2 Å². The summed E-state index contributed by atoms with van der Waals surface area (Å²) in [7, 11) is 1.87. The van der Waals surface area contributed by atoms with Crippen molar-refractivity contribution in [2.24, 2.45) is 13.0 Å². The van der Waals surface area contributed by atoms with Crippen LogP contribution in [0.3, 0.4) is 0 Å². The monoisotopic (exact) mass is 368 g/mol. The zero-order valence-corrected chi connectivity index (χ0v) is 16.3. The van der Waals surface area contributed by atoms with Gasteiger partial charge in [-0.2, -0.15) is 5.10 Å². The highest BCUT2D eigenvalue weighted by Gasteiger charge is 2.24. The first-order chi connectivity index (χ1) is 13.0. The van der Waals surface area contributed by atoms with Crippen LogP contribution in [-0.4, -0.2) is 46.1 Å². The van der Waals surface area contributed by atoms with Gasteiger partial charge in [0, 0.05) is 37.9 Å². The molecule has 27 heavy (non-hydrogen) atoms. The van der Waals surface area contributed by atoms with Gasteiger partial charge < -0.3 is 10.2 Å². The molecule has 1 aromatic heterocycles. The molecule has 2 heterocycles. The molecular weight excluding hydrogens is 340 g/mol. The summed E-state index contributed by atoms with van der Waals surface area (Å²) in [4.78, 5) is 26.8. The average Bonchev–Trinajstić information content (AvgIpc) is 3.09. The molecule has 1 saturated heterocycles. The molecule has 1 fully saturated rings. The van der Waals surface area contributed by atoms with E-state index in [1.54, 1.807) is 4.68 Å². The zero-order valence-electron chi connectivity index (χ0n) is 16.3. The first kappa shape index (κ1) is 19.1. The second kappa shape index (κ2) is 8.37. The van der Waals surface area contributed by atoms with Crippen LogP contribution in [0.15, 0.2) is 36.4 Å². The largest absolute Gasteiger partial charge is 0.350 e. The van der Waals surface area contributed by atoms with Crippen molar-refractivity contribution in [3.8, 4) is 0 Å². The second-order valence-electron chi connectivity index (χ2n) is 7.54. The molecule has 0 bridgehead atoms. The lowest BCUT2D eigenvalue weighted by Crippen LogP contribution is -2.41. The molecule has 6 heteroatoms. The average molecular weight is 368 g/mol. The van der Waals surface area contributed by atoms with E-state index in [2.05, 4.69) is 24.3 Å². The summed E-state index contributed by atoms with van der Waals surface area (Å²) in [5.41, 5.74) is 2.26. The Bertz CT molecular complexity index is 790. The van der Waals surface area contributed by atoms with Crippen LogP contribution in [0, 0.1) is 5.92 Å². The lowest BCUT2D eigenvalue weighted by Gasteiger charge is -2.32. The van der Waals surface area contributed by atoms with Crippen LogP contribution < -0.4 is 5.32 Å². The van der Waals surface area contributed by atoms with Gasteiger partial charge in [-0.25, -0.2) is 0 Å². The summed E-state index contributed by atoms with van der Waals surface area (Å²) in [5.74, 6) is 0.686. The maximum absolute atomic E-state index is 12.5. The molecule has 0 saturated carbocycles. The first-order valence-corrected chi connectivity index (χ1v) is 9.62. The van der Waals surface area contributed by atoms with Crippen molar-refractivity contribution in [1.82, 2.24) is 20.0 Å². The summed E-state index contributed by atoms with van der Waals surface area (Å²) >= 11 is 0. The van der Waals surface area contributed by atoms with Crippen LogP contribution in [0.1, 0.15) is 59.1 Å². The molecule has 3 rings (SSSR count). The van der Waals surface area contributed by atoms with Crippen LogP contribution in [0.5, 0.6) is 0 Å². The number of benzene rings is 1. The Morgan fingerprint density at radius 1 is 1.19 bits per heavy atom. The van der Waals surface area contributed by atoms with E-state index in [0.29, 0.717) is 24.1 Å². The van der Waals surface area contributed by atoms with E-state index in [9.17, 15) is 9.59 Å². The van der Waals surface area contributed by atoms with Crippen molar-refractivity contribution in [1.29, 1.82) is 0 Å². The molecular formula is C21H28N4O2. The van der Waals surface area contributed by atoms with Crippen molar-refractivity contribution >= 4 is 11.8 Å². The lowest BCUT2D eigenvalue weighted by atomic mass is 9.96. The molecule has 0 radical (unpaired) electrons. The van der Waals surface area contributed by atoms with Gasteiger partial charge in [-0.05, 0) is 42.9 Å².